The molecule has 0 unspecified atom stereocenters. The summed E-state index contributed by atoms with van der Waals surface area (Å²) in [6.45, 7) is 6.69. The van der Waals surface area contributed by atoms with E-state index in [1.165, 1.54) is 5.56 Å². The van der Waals surface area contributed by atoms with E-state index in [-0.39, 0.29) is 0 Å². The second kappa shape index (κ2) is 4.02. The van der Waals surface area contributed by atoms with Crippen LogP contribution < -0.4 is 0 Å². The molecule has 0 atom stereocenters. The molecule has 0 heterocycles. The molecule has 13 heavy (non-hydrogen) atoms. The van der Waals surface area contributed by atoms with E-state index in [9.17, 15) is 0 Å². The van der Waals surface area contributed by atoms with Crippen molar-refractivity contribution in [3.05, 3.63) is 33.3 Å². The topological polar surface area (TPSA) is 0 Å². The first-order chi connectivity index (χ1) is 5.88. The van der Waals surface area contributed by atoms with Gasteiger partial charge >= 0.3 is 0 Å². The highest BCUT2D eigenvalue weighted by Crippen LogP contribution is 2.27. The molecule has 0 aliphatic carbocycles. The van der Waals surface area contributed by atoms with Gasteiger partial charge in [-0.05, 0) is 45.5 Å². The van der Waals surface area contributed by atoms with Gasteiger partial charge < -0.3 is 0 Å². The molecule has 0 fully saturated rings. The molecule has 0 nitrogen and oxygen atoms in total. The average Bonchev–Trinajstić information content (AvgIpc) is 1.94. The van der Waals surface area contributed by atoms with Crippen molar-refractivity contribution in [2.24, 2.45) is 5.41 Å². The van der Waals surface area contributed by atoms with Gasteiger partial charge in [-0.1, -0.05) is 38.4 Å². The van der Waals surface area contributed by atoms with Gasteiger partial charge in [-0.25, -0.2) is 0 Å². The smallest absolute Gasteiger partial charge is 0.0548 e. The van der Waals surface area contributed by atoms with Crippen LogP contribution in [0.2, 0.25) is 5.02 Å². The van der Waals surface area contributed by atoms with Gasteiger partial charge in [0.05, 0.1) is 5.02 Å². The Morgan fingerprint density at radius 3 is 2.38 bits per heavy atom. The van der Waals surface area contributed by atoms with Gasteiger partial charge in [0.1, 0.15) is 0 Å². The summed E-state index contributed by atoms with van der Waals surface area (Å²) in [5, 5.41) is 0.776. The van der Waals surface area contributed by atoms with Crippen LogP contribution in [0.15, 0.2) is 22.7 Å². The molecule has 0 bridgehead atoms. The van der Waals surface area contributed by atoms with Crippen LogP contribution in [0.1, 0.15) is 26.3 Å². The van der Waals surface area contributed by atoms with Gasteiger partial charge in [0, 0.05) is 4.47 Å². The Morgan fingerprint density at radius 2 is 1.92 bits per heavy atom. The van der Waals surface area contributed by atoms with E-state index in [0.717, 1.165) is 15.9 Å². The molecule has 1 rings (SSSR count). The lowest BCUT2D eigenvalue weighted by atomic mass is 9.88. The van der Waals surface area contributed by atoms with Crippen molar-refractivity contribution in [1.29, 1.82) is 0 Å². The Balaban J connectivity index is 2.86. The standard InChI is InChI=1S/C11H14BrCl/c1-11(2,3)7-8-4-5-10(13)9(12)6-8/h4-6H,7H2,1-3H3. The summed E-state index contributed by atoms with van der Waals surface area (Å²) < 4.78 is 0.982. The van der Waals surface area contributed by atoms with Crippen LogP contribution >= 0.6 is 27.5 Å². The lowest BCUT2D eigenvalue weighted by Gasteiger charge is -2.18. The molecule has 0 aromatic heterocycles. The van der Waals surface area contributed by atoms with E-state index in [4.69, 9.17) is 11.6 Å². The number of hydrogen-bond donors (Lipinski definition) is 0. The SMILES string of the molecule is CC(C)(C)Cc1ccc(Cl)c(Br)c1. The largest absolute Gasteiger partial charge is 0.0831 e. The molecule has 0 saturated heterocycles. The minimum absolute atomic E-state index is 0.327. The first-order valence-electron chi connectivity index (χ1n) is 4.32. The Morgan fingerprint density at radius 1 is 1.31 bits per heavy atom. The molecule has 2 heteroatoms. The summed E-state index contributed by atoms with van der Waals surface area (Å²) in [5.41, 5.74) is 1.65. The molecule has 0 amide bonds. The highest BCUT2D eigenvalue weighted by atomic mass is 79.9. The van der Waals surface area contributed by atoms with Gasteiger partial charge in [-0.15, -0.1) is 0 Å². The number of rotatable bonds is 1. The molecule has 72 valence electrons. The van der Waals surface area contributed by atoms with Crippen molar-refractivity contribution in [1.82, 2.24) is 0 Å². The summed E-state index contributed by atoms with van der Waals surface area (Å²) in [6.07, 6.45) is 1.07. The number of benzene rings is 1. The van der Waals surface area contributed by atoms with E-state index in [1.54, 1.807) is 0 Å². The lowest BCUT2D eigenvalue weighted by Crippen LogP contribution is -2.08. The second-order valence-electron chi connectivity index (χ2n) is 4.49. The molecule has 0 radical (unpaired) electrons. The van der Waals surface area contributed by atoms with E-state index >= 15 is 0 Å². The Bertz CT molecular complexity index is 299. The van der Waals surface area contributed by atoms with Gasteiger partial charge in [-0.3, -0.25) is 0 Å². The summed E-state index contributed by atoms with van der Waals surface area (Å²) >= 11 is 9.33. The Kier molecular flexibility index (Phi) is 3.42. The summed E-state index contributed by atoms with van der Waals surface area (Å²) in [5.74, 6) is 0. The minimum atomic E-state index is 0.327. The minimum Gasteiger partial charge on any atom is -0.0831 e. The maximum absolute atomic E-state index is 5.91. The van der Waals surface area contributed by atoms with Gasteiger partial charge in [0.15, 0.2) is 0 Å². The third-order valence-corrected chi connectivity index (χ3v) is 2.93. The van der Waals surface area contributed by atoms with Crippen molar-refractivity contribution in [2.75, 3.05) is 0 Å². The van der Waals surface area contributed by atoms with Crippen LogP contribution in [-0.4, -0.2) is 0 Å². The van der Waals surface area contributed by atoms with Crippen molar-refractivity contribution in [3.63, 3.8) is 0 Å². The predicted octanol–water partition coefficient (Wildman–Crippen LogP) is 4.69. The fourth-order valence-electron chi connectivity index (χ4n) is 1.26. The van der Waals surface area contributed by atoms with E-state index < -0.39 is 0 Å². The summed E-state index contributed by atoms with van der Waals surface area (Å²) in [6, 6.07) is 6.11. The zero-order valence-corrected chi connectivity index (χ0v) is 10.5. The third-order valence-electron chi connectivity index (χ3n) is 1.72. The number of halogens is 2. The predicted molar refractivity (Wildman–Crippen MR) is 62.3 cm³/mol. The van der Waals surface area contributed by atoms with Crippen molar-refractivity contribution in [3.8, 4) is 0 Å². The monoisotopic (exact) mass is 260 g/mol. The number of hydrogen-bond acceptors (Lipinski definition) is 0. The summed E-state index contributed by atoms with van der Waals surface area (Å²) in [4.78, 5) is 0. The maximum Gasteiger partial charge on any atom is 0.0548 e. The van der Waals surface area contributed by atoms with Crippen LogP contribution in [0.25, 0.3) is 0 Å². The van der Waals surface area contributed by atoms with Crippen LogP contribution in [0, 0.1) is 5.41 Å². The van der Waals surface area contributed by atoms with E-state index in [2.05, 4.69) is 48.8 Å². The van der Waals surface area contributed by atoms with Crippen molar-refractivity contribution < 1.29 is 0 Å². The van der Waals surface area contributed by atoms with Crippen LogP contribution in [0.4, 0.5) is 0 Å². The van der Waals surface area contributed by atoms with Crippen molar-refractivity contribution in [2.45, 2.75) is 27.2 Å². The average molecular weight is 262 g/mol. The molecule has 0 spiro atoms. The van der Waals surface area contributed by atoms with Crippen molar-refractivity contribution >= 4 is 27.5 Å². The van der Waals surface area contributed by atoms with Gasteiger partial charge in [0.2, 0.25) is 0 Å². The molecule has 0 saturated carbocycles. The van der Waals surface area contributed by atoms with Gasteiger partial charge in [-0.2, -0.15) is 0 Å². The fourth-order valence-corrected chi connectivity index (χ4v) is 1.81. The molecule has 0 aliphatic heterocycles. The lowest BCUT2D eigenvalue weighted by molar-refractivity contribution is 0.411. The molecular weight excluding hydrogens is 247 g/mol. The molecule has 0 N–H and O–H groups in total. The molecule has 1 aromatic rings. The Labute approximate surface area is 93.4 Å². The van der Waals surface area contributed by atoms with E-state index in [0.29, 0.717) is 5.41 Å². The Hall–Kier alpha value is -0.0100. The highest BCUT2D eigenvalue weighted by Gasteiger charge is 2.11. The van der Waals surface area contributed by atoms with Crippen LogP contribution in [0.3, 0.4) is 0 Å². The first-order valence-corrected chi connectivity index (χ1v) is 5.49. The first kappa shape index (κ1) is 11.1. The zero-order chi connectivity index (χ0) is 10.1. The van der Waals surface area contributed by atoms with Crippen LogP contribution in [0.5, 0.6) is 0 Å². The van der Waals surface area contributed by atoms with E-state index in [1.807, 2.05) is 6.07 Å². The third kappa shape index (κ3) is 3.70. The summed E-state index contributed by atoms with van der Waals surface area (Å²) in [7, 11) is 0. The molecule has 1 aromatic carbocycles. The van der Waals surface area contributed by atoms with Gasteiger partial charge in [0.25, 0.3) is 0 Å². The highest BCUT2D eigenvalue weighted by molar-refractivity contribution is 9.10. The molecular formula is C11H14BrCl. The normalized spacial score (nSPS) is 11.8. The molecule has 0 aliphatic rings. The maximum atomic E-state index is 5.91. The van der Waals surface area contributed by atoms with Crippen LogP contribution in [-0.2, 0) is 6.42 Å². The second-order valence-corrected chi connectivity index (χ2v) is 5.75. The fraction of sp³-hybridized carbons (Fsp3) is 0.455. The zero-order valence-electron chi connectivity index (χ0n) is 8.20. The quantitative estimate of drug-likeness (QED) is 0.688.